The normalized spacial score (nSPS) is 46.2. The van der Waals surface area contributed by atoms with E-state index in [9.17, 15) is 25.2 Å². The lowest BCUT2D eigenvalue weighted by Crippen LogP contribution is -2.66. The van der Waals surface area contributed by atoms with Crippen molar-refractivity contribution in [2.24, 2.45) is 0 Å². The predicted octanol–water partition coefficient (Wildman–Crippen LogP) is -3.72. The second-order valence-corrected chi connectivity index (χ2v) is 3.11. The molecule has 1 unspecified atom stereocenters. The summed E-state index contributed by atoms with van der Waals surface area (Å²) in [6.45, 7) is -0.919. The zero-order valence-corrected chi connectivity index (χ0v) is 7.55. The van der Waals surface area contributed by atoms with Crippen molar-refractivity contribution in [2.75, 3.05) is 6.61 Å². The summed E-state index contributed by atoms with van der Waals surface area (Å²) in [5, 5.41) is 45.9. The van der Waals surface area contributed by atoms with Gasteiger partial charge in [-0.25, -0.2) is 0 Å². The molecule has 0 aromatic heterocycles. The van der Waals surface area contributed by atoms with Crippen LogP contribution in [0.1, 0.15) is 0 Å². The van der Waals surface area contributed by atoms with E-state index in [1.807, 2.05) is 0 Å². The summed E-state index contributed by atoms with van der Waals surface area (Å²) in [6.07, 6.45) is -6.80. The van der Waals surface area contributed by atoms with E-state index in [-0.39, 0.29) is 6.47 Å². The fourth-order valence-electron chi connectivity index (χ4n) is 1.29. The quantitative estimate of drug-likeness (QED) is 0.244. The van der Waals surface area contributed by atoms with Gasteiger partial charge >= 0.3 is 5.97 Å². The number of hydrogen-bond donors (Lipinski definition) is 5. The van der Waals surface area contributed by atoms with Gasteiger partial charge in [-0.05, 0) is 0 Å². The number of carbonyl (C=O) groups excluding carboxylic acids is 1. The highest BCUT2D eigenvalue weighted by Crippen LogP contribution is 2.28. The third-order valence-electron chi connectivity index (χ3n) is 2.15. The lowest BCUT2D eigenvalue weighted by Gasteiger charge is -2.43. The molecule has 1 fully saturated rings. The number of rotatable bonds is 3. The van der Waals surface area contributed by atoms with Gasteiger partial charge in [0.25, 0.3) is 6.47 Å². The lowest BCUT2D eigenvalue weighted by atomic mass is 9.98. The van der Waals surface area contributed by atoms with Gasteiger partial charge in [-0.15, -0.1) is 0 Å². The van der Waals surface area contributed by atoms with Gasteiger partial charge in [0.15, 0.2) is 6.10 Å². The first kappa shape index (κ1) is 12.3. The van der Waals surface area contributed by atoms with Crippen LogP contribution in [-0.2, 0) is 14.3 Å². The minimum Gasteiger partial charge on any atom is -0.408 e. The molecule has 1 aliphatic rings. The Hall–Kier alpha value is -0.770. The molecule has 0 bridgehead atoms. The largest absolute Gasteiger partial charge is 0.408 e. The van der Waals surface area contributed by atoms with Gasteiger partial charge < -0.3 is 35.0 Å². The fraction of sp³-hybridized carbons (Fsp3) is 0.857. The van der Waals surface area contributed by atoms with E-state index < -0.39 is 37.0 Å². The monoisotopic (exact) mass is 224 g/mol. The van der Waals surface area contributed by atoms with Crippen molar-refractivity contribution in [3.8, 4) is 0 Å². The molecule has 15 heavy (non-hydrogen) atoms. The number of ether oxygens (including phenoxy) is 2. The van der Waals surface area contributed by atoms with Gasteiger partial charge in [0.1, 0.15) is 18.3 Å². The first-order valence-corrected chi connectivity index (χ1v) is 4.13. The highest BCUT2D eigenvalue weighted by molar-refractivity contribution is 5.37. The van der Waals surface area contributed by atoms with Gasteiger partial charge in [0.05, 0.1) is 6.61 Å². The van der Waals surface area contributed by atoms with Crippen molar-refractivity contribution in [3.05, 3.63) is 0 Å². The molecule has 8 nitrogen and oxygen atoms in total. The van der Waals surface area contributed by atoms with Crippen molar-refractivity contribution in [3.63, 3.8) is 0 Å². The Morgan fingerprint density at radius 3 is 2.40 bits per heavy atom. The summed E-state index contributed by atoms with van der Waals surface area (Å²) in [5.74, 6) is -2.77. The Labute approximate surface area is 84.3 Å². The number of carbonyl (C=O) groups is 1. The molecule has 0 aliphatic carbocycles. The van der Waals surface area contributed by atoms with Crippen LogP contribution < -0.4 is 0 Å². The Balaban J connectivity index is 2.86. The molecule has 88 valence electrons. The molecule has 8 heteroatoms. The molecule has 1 heterocycles. The van der Waals surface area contributed by atoms with E-state index in [1.54, 1.807) is 0 Å². The Bertz CT molecular complexity index is 231. The maximum atomic E-state index is 10.0. The van der Waals surface area contributed by atoms with E-state index in [0.717, 1.165) is 0 Å². The summed E-state index contributed by atoms with van der Waals surface area (Å²) < 4.78 is 8.60. The molecule has 5 N–H and O–H groups in total. The summed E-state index contributed by atoms with van der Waals surface area (Å²) in [6, 6.07) is 0. The summed E-state index contributed by atoms with van der Waals surface area (Å²) in [5.41, 5.74) is 0. The third-order valence-corrected chi connectivity index (χ3v) is 2.15. The number of aliphatic hydroxyl groups excluding tert-OH is 4. The molecule has 0 saturated carbocycles. The van der Waals surface area contributed by atoms with Gasteiger partial charge in [0.2, 0.25) is 0 Å². The Kier molecular flexibility index (Phi) is 3.60. The molecular formula is C7H12O8. The molecule has 1 rings (SSSR count). The molecule has 0 radical (unpaired) electrons. The predicted molar refractivity (Wildman–Crippen MR) is 42.1 cm³/mol. The molecule has 0 aromatic carbocycles. The summed E-state index contributed by atoms with van der Waals surface area (Å²) in [4.78, 5) is 10.0. The van der Waals surface area contributed by atoms with Crippen LogP contribution in [0.2, 0.25) is 0 Å². The van der Waals surface area contributed by atoms with Crippen molar-refractivity contribution < 1.29 is 39.8 Å². The maximum absolute atomic E-state index is 10.0. The van der Waals surface area contributed by atoms with E-state index in [1.165, 1.54) is 0 Å². The topological polar surface area (TPSA) is 137 Å². The highest BCUT2D eigenvalue weighted by atomic mass is 16.8. The van der Waals surface area contributed by atoms with E-state index in [0.29, 0.717) is 0 Å². The smallest absolute Gasteiger partial charge is 0.357 e. The first-order chi connectivity index (χ1) is 6.96. The summed E-state index contributed by atoms with van der Waals surface area (Å²) in [7, 11) is 0. The third kappa shape index (κ3) is 2.09. The zero-order valence-electron chi connectivity index (χ0n) is 7.55. The average Bonchev–Trinajstić information content (AvgIpc) is 2.21. The molecule has 0 aromatic rings. The Morgan fingerprint density at radius 1 is 1.33 bits per heavy atom. The highest BCUT2D eigenvalue weighted by Gasteiger charge is 2.54. The fourth-order valence-corrected chi connectivity index (χ4v) is 1.29. The van der Waals surface area contributed by atoms with Crippen LogP contribution in [0.3, 0.4) is 0 Å². The number of hydrogen-bond acceptors (Lipinski definition) is 8. The SMILES string of the molecule is O=COC1(O)O[C@H](CO)[C@@H](O)[C@H](O)[C@H]1O. The van der Waals surface area contributed by atoms with Crippen LogP contribution in [-0.4, -0.2) is 69.0 Å². The van der Waals surface area contributed by atoms with E-state index in [2.05, 4.69) is 9.47 Å². The molecule has 1 aliphatic heterocycles. The van der Waals surface area contributed by atoms with Gasteiger partial charge in [-0.1, -0.05) is 0 Å². The molecular weight excluding hydrogens is 212 g/mol. The van der Waals surface area contributed by atoms with Crippen LogP contribution >= 0.6 is 0 Å². The van der Waals surface area contributed by atoms with E-state index in [4.69, 9.17) is 5.11 Å². The molecule has 5 atom stereocenters. The van der Waals surface area contributed by atoms with Crippen LogP contribution in [0.15, 0.2) is 0 Å². The van der Waals surface area contributed by atoms with Crippen LogP contribution in [0.25, 0.3) is 0 Å². The molecule has 0 spiro atoms. The second kappa shape index (κ2) is 4.39. The molecule has 1 saturated heterocycles. The first-order valence-electron chi connectivity index (χ1n) is 4.13. The summed E-state index contributed by atoms with van der Waals surface area (Å²) >= 11 is 0. The maximum Gasteiger partial charge on any atom is 0.357 e. The second-order valence-electron chi connectivity index (χ2n) is 3.11. The van der Waals surface area contributed by atoms with Crippen LogP contribution in [0.4, 0.5) is 0 Å². The van der Waals surface area contributed by atoms with Crippen molar-refractivity contribution in [1.82, 2.24) is 0 Å². The van der Waals surface area contributed by atoms with Gasteiger partial charge in [-0.3, -0.25) is 4.79 Å². The zero-order chi connectivity index (χ0) is 11.6. The minimum absolute atomic E-state index is 0.192. The van der Waals surface area contributed by atoms with Crippen molar-refractivity contribution in [2.45, 2.75) is 30.4 Å². The molecule has 0 amide bonds. The van der Waals surface area contributed by atoms with Gasteiger partial charge in [-0.2, -0.15) is 0 Å². The standard InChI is InChI=1S/C7H12O8/c8-1-3-4(10)5(11)6(12)7(13,15-3)14-2-9/h2-6,8,10-13H,1H2/t3-,4-,5+,6-,7?/m1/s1. The van der Waals surface area contributed by atoms with Crippen LogP contribution in [0, 0.1) is 0 Å². The van der Waals surface area contributed by atoms with Crippen LogP contribution in [0.5, 0.6) is 0 Å². The Morgan fingerprint density at radius 2 is 1.93 bits per heavy atom. The van der Waals surface area contributed by atoms with E-state index >= 15 is 0 Å². The lowest BCUT2D eigenvalue weighted by molar-refractivity contribution is -0.431. The minimum atomic E-state index is -2.77. The van der Waals surface area contributed by atoms with Gasteiger partial charge in [0, 0.05) is 0 Å². The number of aliphatic hydroxyl groups is 5. The van der Waals surface area contributed by atoms with Crippen molar-refractivity contribution in [1.29, 1.82) is 0 Å². The average molecular weight is 224 g/mol. The van der Waals surface area contributed by atoms with Crippen molar-refractivity contribution >= 4 is 6.47 Å².